The highest BCUT2D eigenvalue weighted by Crippen LogP contribution is 2.38. The Morgan fingerprint density at radius 2 is 1.94 bits per heavy atom. The monoisotopic (exact) mass is 455 g/mol. The van der Waals surface area contributed by atoms with E-state index in [0.717, 1.165) is 43.1 Å². The van der Waals surface area contributed by atoms with Crippen LogP contribution in [-0.4, -0.2) is 44.9 Å². The van der Waals surface area contributed by atoms with Crippen molar-refractivity contribution >= 4 is 23.4 Å². The van der Waals surface area contributed by atoms with Gasteiger partial charge in [0.15, 0.2) is 5.78 Å². The Balaban J connectivity index is 1.51. The lowest BCUT2D eigenvalue weighted by atomic mass is 9.89. The molecule has 172 valence electrons. The van der Waals surface area contributed by atoms with Gasteiger partial charge in [-0.1, -0.05) is 26.0 Å². The van der Waals surface area contributed by atoms with Crippen molar-refractivity contribution in [1.29, 1.82) is 0 Å². The Bertz CT molecular complexity index is 913. The van der Waals surface area contributed by atoms with Gasteiger partial charge in [-0.3, -0.25) is 4.79 Å². The van der Waals surface area contributed by atoms with Gasteiger partial charge < -0.3 is 18.5 Å². The van der Waals surface area contributed by atoms with Gasteiger partial charge in [-0.25, -0.2) is 0 Å². The molecule has 2 aliphatic heterocycles. The van der Waals surface area contributed by atoms with Crippen molar-refractivity contribution in [2.75, 3.05) is 31.2 Å². The predicted octanol–water partition coefficient (Wildman–Crippen LogP) is 5.56. The fourth-order valence-electron chi connectivity index (χ4n) is 4.26. The van der Waals surface area contributed by atoms with E-state index < -0.39 is 0 Å². The molecule has 6 heteroatoms. The molecular formula is C26H33NO4S. The van der Waals surface area contributed by atoms with Gasteiger partial charge in [0, 0.05) is 30.7 Å². The topological polar surface area (TPSA) is 48.0 Å². The minimum absolute atomic E-state index is 0.0747. The maximum absolute atomic E-state index is 13.0. The van der Waals surface area contributed by atoms with Gasteiger partial charge in [-0.05, 0) is 73.0 Å². The molecule has 5 nitrogen and oxygen atoms in total. The van der Waals surface area contributed by atoms with E-state index in [1.165, 1.54) is 5.56 Å². The first-order chi connectivity index (χ1) is 15.6. The van der Waals surface area contributed by atoms with Crippen molar-refractivity contribution in [2.45, 2.75) is 56.6 Å². The van der Waals surface area contributed by atoms with Crippen molar-refractivity contribution in [2.24, 2.45) is 5.92 Å². The molecule has 0 saturated carbocycles. The number of benzene rings is 2. The number of carbonyl (C=O) groups is 1. The summed E-state index contributed by atoms with van der Waals surface area (Å²) >= 11 is 1.67. The van der Waals surface area contributed by atoms with Crippen LogP contribution in [0.3, 0.4) is 0 Å². The van der Waals surface area contributed by atoms with Crippen molar-refractivity contribution in [3.63, 3.8) is 0 Å². The lowest BCUT2D eigenvalue weighted by Crippen LogP contribution is -2.45. The number of anilines is 1. The number of methoxy groups -OCH3 is 1. The third-order valence-corrected chi connectivity index (χ3v) is 7.58. The van der Waals surface area contributed by atoms with Gasteiger partial charge in [-0.2, -0.15) is 0 Å². The molecule has 2 unspecified atom stereocenters. The molecule has 2 aromatic carbocycles. The van der Waals surface area contributed by atoms with Gasteiger partial charge in [0.25, 0.3) is 0 Å². The summed E-state index contributed by atoms with van der Waals surface area (Å²) in [5.74, 6) is 1.19. The first-order valence-electron chi connectivity index (χ1n) is 11.6. The van der Waals surface area contributed by atoms with Gasteiger partial charge in [0.1, 0.15) is 11.9 Å². The number of rotatable bonds is 10. The van der Waals surface area contributed by atoms with E-state index >= 15 is 0 Å². The van der Waals surface area contributed by atoms with E-state index in [4.69, 9.17) is 14.2 Å². The second-order valence-corrected chi connectivity index (χ2v) is 9.57. The zero-order chi connectivity index (χ0) is 22.5. The third kappa shape index (κ3) is 5.13. The normalized spacial score (nSPS) is 19.1. The minimum Gasteiger partial charge on any atom is -0.489 e. The highest BCUT2D eigenvalue weighted by atomic mass is 32.2. The number of carbonyl (C=O) groups excluding carboxylic acids is 1. The summed E-state index contributed by atoms with van der Waals surface area (Å²) in [5, 5.41) is 0. The average molecular weight is 456 g/mol. The van der Waals surface area contributed by atoms with Gasteiger partial charge in [0.05, 0.1) is 24.8 Å². The molecule has 4 rings (SSSR count). The maximum atomic E-state index is 13.0. The molecule has 0 radical (unpaired) electrons. The Hall–Kier alpha value is -2.02. The number of fused-ring (bicyclic) bond motifs is 1. The standard InChI is InChI=1S/C26H33NO4S/c1-4-18-6-8-20(9-7-18)27(21-16-30-17-21)32-22-10-11-25-23(14-22)24(28)15-26(31-25)19(5-2)12-13-29-3/h6-11,14,19,21,26H,4-5,12-13,15-17H2,1-3H3. The fourth-order valence-corrected chi connectivity index (χ4v) is 5.28. The molecule has 0 spiro atoms. The number of ether oxygens (including phenoxy) is 3. The van der Waals surface area contributed by atoms with Crippen LogP contribution < -0.4 is 9.04 Å². The summed E-state index contributed by atoms with van der Waals surface area (Å²) in [6.45, 7) is 6.44. The average Bonchev–Trinajstić information content (AvgIpc) is 2.78. The molecule has 0 bridgehead atoms. The van der Waals surface area contributed by atoms with E-state index in [1.807, 2.05) is 12.1 Å². The quantitative estimate of drug-likeness (QED) is 0.437. The number of hydrogen-bond acceptors (Lipinski definition) is 6. The number of hydrogen-bond donors (Lipinski definition) is 0. The van der Waals surface area contributed by atoms with Crippen LogP contribution in [0.25, 0.3) is 0 Å². The van der Waals surface area contributed by atoms with Crippen molar-refractivity contribution < 1.29 is 19.0 Å². The summed E-state index contributed by atoms with van der Waals surface area (Å²) in [5.41, 5.74) is 3.18. The molecule has 1 fully saturated rings. The zero-order valence-corrected chi connectivity index (χ0v) is 20.0. The molecule has 2 atom stereocenters. The van der Waals surface area contributed by atoms with Crippen LogP contribution in [0.5, 0.6) is 5.75 Å². The predicted molar refractivity (Wildman–Crippen MR) is 129 cm³/mol. The molecule has 2 heterocycles. The first kappa shape index (κ1) is 23.1. The largest absolute Gasteiger partial charge is 0.489 e. The van der Waals surface area contributed by atoms with Crippen LogP contribution in [0, 0.1) is 5.92 Å². The van der Waals surface area contributed by atoms with Gasteiger partial charge in [0.2, 0.25) is 0 Å². The Morgan fingerprint density at radius 3 is 2.56 bits per heavy atom. The number of Topliss-reactive ketones (excluding diaryl/α,β-unsaturated/α-hetero) is 1. The van der Waals surface area contributed by atoms with Gasteiger partial charge >= 0.3 is 0 Å². The van der Waals surface area contributed by atoms with Crippen molar-refractivity contribution in [3.05, 3.63) is 53.6 Å². The Kier molecular flexibility index (Phi) is 7.76. The van der Waals surface area contributed by atoms with Crippen LogP contribution in [-0.2, 0) is 15.9 Å². The second-order valence-electron chi connectivity index (χ2n) is 8.52. The lowest BCUT2D eigenvalue weighted by Gasteiger charge is -2.38. The van der Waals surface area contributed by atoms with E-state index in [-0.39, 0.29) is 11.9 Å². The molecule has 32 heavy (non-hydrogen) atoms. The van der Waals surface area contributed by atoms with Crippen LogP contribution in [0.1, 0.15) is 49.0 Å². The molecule has 2 aliphatic rings. The molecule has 2 aromatic rings. The molecule has 0 N–H and O–H groups in total. The van der Waals surface area contributed by atoms with Crippen LogP contribution in [0.2, 0.25) is 0 Å². The van der Waals surface area contributed by atoms with E-state index in [2.05, 4.69) is 48.5 Å². The SMILES string of the molecule is CCc1ccc(N(Sc2ccc3c(c2)C(=O)CC(C(CC)CCOC)O3)C2COC2)cc1. The van der Waals surface area contributed by atoms with Crippen LogP contribution in [0.15, 0.2) is 47.4 Å². The Labute approximate surface area is 195 Å². The van der Waals surface area contributed by atoms with Crippen molar-refractivity contribution in [1.82, 2.24) is 0 Å². The van der Waals surface area contributed by atoms with Crippen LogP contribution >= 0.6 is 11.9 Å². The van der Waals surface area contributed by atoms with E-state index in [1.54, 1.807) is 19.1 Å². The van der Waals surface area contributed by atoms with Gasteiger partial charge in [-0.15, -0.1) is 0 Å². The number of nitrogens with zero attached hydrogens (tertiary/aromatic N) is 1. The molecule has 0 aliphatic carbocycles. The first-order valence-corrected chi connectivity index (χ1v) is 12.4. The molecule has 0 aromatic heterocycles. The zero-order valence-electron chi connectivity index (χ0n) is 19.2. The van der Waals surface area contributed by atoms with E-state index in [0.29, 0.717) is 36.3 Å². The summed E-state index contributed by atoms with van der Waals surface area (Å²) in [7, 11) is 1.71. The van der Waals surface area contributed by atoms with E-state index in [9.17, 15) is 4.79 Å². The smallest absolute Gasteiger partial charge is 0.170 e. The highest BCUT2D eigenvalue weighted by molar-refractivity contribution is 8.00. The highest BCUT2D eigenvalue weighted by Gasteiger charge is 2.32. The molecule has 1 saturated heterocycles. The fraction of sp³-hybridized carbons (Fsp3) is 0.500. The lowest BCUT2D eigenvalue weighted by molar-refractivity contribution is 0.0153. The minimum atomic E-state index is -0.0747. The third-order valence-electron chi connectivity index (χ3n) is 6.41. The summed E-state index contributed by atoms with van der Waals surface area (Å²) in [4.78, 5) is 14.1. The second kappa shape index (κ2) is 10.7. The Morgan fingerprint density at radius 1 is 1.16 bits per heavy atom. The number of aryl methyl sites for hydroxylation is 1. The maximum Gasteiger partial charge on any atom is 0.170 e. The van der Waals surface area contributed by atoms with Crippen LogP contribution in [0.4, 0.5) is 5.69 Å². The molecular weight excluding hydrogens is 422 g/mol. The molecule has 0 amide bonds. The van der Waals surface area contributed by atoms with Crippen molar-refractivity contribution in [3.8, 4) is 5.75 Å². The summed E-state index contributed by atoms with van der Waals surface area (Å²) < 4.78 is 19.3. The summed E-state index contributed by atoms with van der Waals surface area (Å²) in [6, 6.07) is 15.0. The summed E-state index contributed by atoms with van der Waals surface area (Å²) in [6.07, 6.45) is 3.26. The number of ketones is 1.